The number of fused-ring (bicyclic) bond motifs is 1. The molecule has 3 aromatic heterocycles. The number of pyridine rings is 1. The van der Waals surface area contributed by atoms with E-state index in [-0.39, 0.29) is 0 Å². The predicted molar refractivity (Wildman–Crippen MR) is 96.2 cm³/mol. The number of imidazole rings is 1. The predicted octanol–water partition coefficient (Wildman–Crippen LogP) is 4.52. The van der Waals surface area contributed by atoms with Gasteiger partial charge in [0.15, 0.2) is 4.96 Å². The molecule has 1 aromatic carbocycles. The van der Waals surface area contributed by atoms with Crippen molar-refractivity contribution in [3.05, 3.63) is 77.7 Å². The molecule has 0 aliphatic carbocycles. The summed E-state index contributed by atoms with van der Waals surface area (Å²) in [5.74, 6) is 0. The molecule has 0 amide bonds. The van der Waals surface area contributed by atoms with Crippen molar-refractivity contribution in [2.45, 2.75) is 0 Å². The summed E-state index contributed by atoms with van der Waals surface area (Å²) in [5, 5.41) is 11.6. The van der Waals surface area contributed by atoms with E-state index in [4.69, 9.17) is 4.98 Å². The Hall–Kier alpha value is -3.23. The molecule has 0 bridgehead atoms. The van der Waals surface area contributed by atoms with Crippen LogP contribution >= 0.6 is 11.3 Å². The summed E-state index contributed by atoms with van der Waals surface area (Å²) in [5.41, 5.74) is 3.95. The van der Waals surface area contributed by atoms with Gasteiger partial charge in [0.1, 0.15) is 6.07 Å². The van der Waals surface area contributed by atoms with E-state index in [9.17, 15) is 5.26 Å². The van der Waals surface area contributed by atoms with Crippen LogP contribution in [0.2, 0.25) is 0 Å². The lowest BCUT2D eigenvalue weighted by atomic mass is 10.1. The number of hydrogen-bond acceptors (Lipinski definition) is 4. The zero-order valence-electron chi connectivity index (χ0n) is 12.6. The first-order valence-corrected chi connectivity index (χ1v) is 8.29. The molecule has 0 spiro atoms. The van der Waals surface area contributed by atoms with Crippen LogP contribution in [0.25, 0.3) is 27.9 Å². The highest BCUT2D eigenvalue weighted by Crippen LogP contribution is 2.29. The number of nitriles is 1. The summed E-state index contributed by atoms with van der Waals surface area (Å²) in [4.78, 5) is 9.92. The quantitative estimate of drug-likeness (QED) is 0.519. The van der Waals surface area contributed by atoms with Gasteiger partial charge in [-0.25, -0.2) is 4.98 Å². The van der Waals surface area contributed by atoms with Crippen LogP contribution in [0, 0.1) is 11.3 Å². The van der Waals surface area contributed by atoms with Crippen molar-refractivity contribution >= 4 is 27.9 Å². The Morgan fingerprint density at radius 3 is 2.71 bits per heavy atom. The maximum absolute atomic E-state index is 9.58. The molecule has 0 N–H and O–H groups in total. The Labute approximate surface area is 143 Å². The van der Waals surface area contributed by atoms with Gasteiger partial charge in [-0.2, -0.15) is 5.26 Å². The van der Waals surface area contributed by atoms with Gasteiger partial charge in [-0.05, 0) is 18.2 Å². The van der Waals surface area contributed by atoms with Crippen molar-refractivity contribution in [3.8, 4) is 17.3 Å². The zero-order valence-corrected chi connectivity index (χ0v) is 13.4. The van der Waals surface area contributed by atoms with Crippen LogP contribution in [-0.2, 0) is 0 Å². The van der Waals surface area contributed by atoms with Gasteiger partial charge in [-0.3, -0.25) is 9.38 Å². The lowest BCUT2D eigenvalue weighted by molar-refractivity contribution is 1.21. The normalized spacial score (nSPS) is 11.5. The van der Waals surface area contributed by atoms with Crippen LogP contribution in [-0.4, -0.2) is 14.4 Å². The Morgan fingerprint density at radius 2 is 1.96 bits per heavy atom. The minimum absolute atomic E-state index is 0.515. The third kappa shape index (κ3) is 2.49. The van der Waals surface area contributed by atoms with Crippen molar-refractivity contribution in [2.75, 3.05) is 0 Å². The van der Waals surface area contributed by atoms with Crippen molar-refractivity contribution < 1.29 is 0 Å². The molecule has 3 heterocycles. The van der Waals surface area contributed by atoms with Gasteiger partial charge < -0.3 is 0 Å². The standard InChI is InChI=1S/C19H12N4S/c20-13-15(16-8-4-5-9-21-16)12-17-18(14-6-2-1-3-7-14)22-19-23(17)10-11-24-19/h1-12H/b15-12+. The third-order valence-electron chi connectivity index (χ3n) is 3.69. The maximum atomic E-state index is 9.58. The Morgan fingerprint density at radius 1 is 1.12 bits per heavy atom. The van der Waals surface area contributed by atoms with Crippen molar-refractivity contribution in [1.29, 1.82) is 5.26 Å². The SMILES string of the molecule is N#C/C(=C\c1c(-c2ccccc2)nc2sccn12)c1ccccn1. The van der Waals surface area contributed by atoms with Crippen molar-refractivity contribution in [2.24, 2.45) is 0 Å². The molecule has 0 unspecified atom stereocenters. The van der Waals surface area contributed by atoms with Gasteiger partial charge in [0.2, 0.25) is 0 Å². The first-order chi connectivity index (χ1) is 11.9. The molecule has 0 aliphatic rings. The first-order valence-electron chi connectivity index (χ1n) is 7.41. The number of hydrogen-bond donors (Lipinski definition) is 0. The average molecular weight is 328 g/mol. The fraction of sp³-hybridized carbons (Fsp3) is 0. The Kier molecular flexibility index (Phi) is 3.66. The van der Waals surface area contributed by atoms with E-state index in [0.717, 1.165) is 21.9 Å². The zero-order chi connectivity index (χ0) is 16.4. The van der Waals surface area contributed by atoms with Crippen LogP contribution in [0.5, 0.6) is 0 Å². The van der Waals surface area contributed by atoms with E-state index >= 15 is 0 Å². The number of rotatable bonds is 3. The molecule has 0 saturated heterocycles. The van der Waals surface area contributed by atoms with Crippen LogP contribution < -0.4 is 0 Å². The van der Waals surface area contributed by atoms with E-state index in [1.54, 1.807) is 17.5 Å². The van der Waals surface area contributed by atoms with Gasteiger partial charge in [-0.15, -0.1) is 11.3 Å². The number of thiazole rings is 1. The summed E-state index contributed by atoms with van der Waals surface area (Å²) in [6.45, 7) is 0. The highest BCUT2D eigenvalue weighted by molar-refractivity contribution is 7.15. The lowest BCUT2D eigenvalue weighted by Gasteiger charge is -2.02. The largest absolute Gasteiger partial charge is 0.290 e. The molecule has 4 nitrogen and oxygen atoms in total. The summed E-state index contributed by atoms with van der Waals surface area (Å²) in [7, 11) is 0. The molecule has 4 rings (SSSR count). The number of allylic oxidation sites excluding steroid dienone is 1. The number of benzene rings is 1. The molecule has 0 fully saturated rings. The second kappa shape index (κ2) is 6.11. The third-order valence-corrected chi connectivity index (χ3v) is 4.45. The fourth-order valence-corrected chi connectivity index (χ4v) is 3.29. The molecule has 0 atom stereocenters. The maximum Gasteiger partial charge on any atom is 0.194 e. The second-order valence-corrected chi connectivity index (χ2v) is 6.03. The Bertz CT molecular complexity index is 1050. The van der Waals surface area contributed by atoms with Gasteiger partial charge in [0.25, 0.3) is 0 Å². The number of aromatic nitrogens is 3. The van der Waals surface area contributed by atoms with E-state index in [1.165, 1.54) is 0 Å². The van der Waals surface area contributed by atoms with Crippen LogP contribution in [0.4, 0.5) is 0 Å². The van der Waals surface area contributed by atoms with Gasteiger partial charge in [0, 0.05) is 23.3 Å². The molecule has 24 heavy (non-hydrogen) atoms. The van der Waals surface area contributed by atoms with Crippen LogP contribution in [0.15, 0.2) is 66.3 Å². The van der Waals surface area contributed by atoms with Crippen molar-refractivity contribution in [1.82, 2.24) is 14.4 Å². The summed E-state index contributed by atoms with van der Waals surface area (Å²) < 4.78 is 2.01. The summed E-state index contributed by atoms with van der Waals surface area (Å²) in [6.07, 6.45) is 5.52. The molecular weight excluding hydrogens is 316 g/mol. The van der Waals surface area contributed by atoms with Crippen LogP contribution in [0.3, 0.4) is 0 Å². The minimum Gasteiger partial charge on any atom is -0.290 e. The van der Waals surface area contributed by atoms with Gasteiger partial charge in [0.05, 0.1) is 22.7 Å². The minimum atomic E-state index is 0.515. The molecule has 4 aromatic rings. The number of nitrogens with zero attached hydrogens (tertiary/aromatic N) is 4. The Balaban J connectivity index is 1.94. The van der Waals surface area contributed by atoms with E-state index in [2.05, 4.69) is 11.1 Å². The van der Waals surface area contributed by atoms with E-state index < -0.39 is 0 Å². The fourth-order valence-electron chi connectivity index (χ4n) is 2.57. The smallest absolute Gasteiger partial charge is 0.194 e. The summed E-state index contributed by atoms with van der Waals surface area (Å²) in [6, 6.07) is 17.8. The molecular formula is C19H12N4S. The second-order valence-electron chi connectivity index (χ2n) is 5.15. The van der Waals surface area contributed by atoms with Crippen LogP contribution in [0.1, 0.15) is 11.4 Å². The molecule has 5 heteroatoms. The lowest BCUT2D eigenvalue weighted by Crippen LogP contribution is -1.90. The first kappa shape index (κ1) is 14.4. The van der Waals surface area contributed by atoms with Crippen molar-refractivity contribution in [3.63, 3.8) is 0 Å². The molecule has 114 valence electrons. The van der Waals surface area contributed by atoms with E-state index in [0.29, 0.717) is 11.3 Å². The van der Waals surface area contributed by atoms with E-state index in [1.807, 2.05) is 70.6 Å². The highest BCUT2D eigenvalue weighted by Gasteiger charge is 2.14. The monoisotopic (exact) mass is 328 g/mol. The topological polar surface area (TPSA) is 54.0 Å². The van der Waals surface area contributed by atoms with Gasteiger partial charge >= 0.3 is 0 Å². The molecule has 0 saturated carbocycles. The van der Waals surface area contributed by atoms with Gasteiger partial charge in [-0.1, -0.05) is 36.4 Å². The molecule has 0 aliphatic heterocycles. The summed E-state index contributed by atoms with van der Waals surface area (Å²) >= 11 is 1.57. The highest BCUT2D eigenvalue weighted by atomic mass is 32.1. The molecule has 0 radical (unpaired) electrons. The average Bonchev–Trinajstić information content (AvgIpc) is 3.23.